The van der Waals surface area contributed by atoms with Crippen molar-refractivity contribution in [3.05, 3.63) is 80.3 Å². The normalized spacial score (nSPS) is 10.6. The first-order valence-corrected chi connectivity index (χ1v) is 8.51. The molecule has 0 unspecified atom stereocenters. The number of benzene rings is 1. The van der Waals surface area contributed by atoms with Gasteiger partial charge < -0.3 is 9.88 Å². The Morgan fingerprint density at radius 1 is 1.17 bits per heavy atom. The Kier molecular flexibility index (Phi) is 4.62. The lowest BCUT2D eigenvalue weighted by atomic mass is 10.1. The van der Waals surface area contributed by atoms with E-state index in [1.165, 1.54) is 0 Å². The average molecular weight is 338 g/mol. The number of H-pyrrole nitrogens is 1. The first-order valence-electron chi connectivity index (χ1n) is 7.63. The second-order valence-corrected chi connectivity index (χ2v) is 6.76. The summed E-state index contributed by atoms with van der Waals surface area (Å²) in [6, 6.07) is 15.2. The number of thiophene rings is 1. The van der Waals surface area contributed by atoms with Gasteiger partial charge in [-0.15, -0.1) is 11.3 Å². The molecule has 1 N–H and O–H groups in total. The molecular weight excluding hydrogens is 320 g/mol. The Hall–Kier alpha value is -2.66. The van der Waals surface area contributed by atoms with Gasteiger partial charge in [-0.05, 0) is 42.1 Å². The molecule has 0 aliphatic heterocycles. The summed E-state index contributed by atoms with van der Waals surface area (Å²) >= 11 is 1.59. The van der Waals surface area contributed by atoms with Crippen molar-refractivity contribution in [2.24, 2.45) is 0 Å². The van der Waals surface area contributed by atoms with Crippen molar-refractivity contribution < 1.29 is 4.79 Å². The molecule has 4 nitrogen and oxygen atoms in total. The second kappa shape index (κ2) is 6.84. The SMILES string of the molecule is Cc1cccc(-c2ccc(C(=O)N(C)Cc3cccs3)c(=O)[nH]2)c1. The number of aromatic amines is 1. The highest BCUT2D eigenvalue weighted by atomic mass is 32.1. The summed E-state index contributed by atoms with van der Waals surface area (Å²) in [6.07, 6.45) is 0. The Balaban J connectivity index is 1.84. The first kappa shape index (κ1) is 16.2. The summed E-state index contributed by atoms with van der Waals surface area (Å²) in [4.78, 5) is 30.3. The molecule has 2 heterocycles. The van der Waals surface area contributed by atoms with Gasteiger partial charge in [0.05, 0.1) is 6.54 Å². The minimum atomic E-state index is -0.364. The summed E-state index contributed by atoms with van der Waals surface area (Å²) in [5.41, 5.74) is 2.55. The van der Waals surface area contributed by atoms with Crippen LogP contribution < -0.4 is 5.56 Å². The number of carbonyl (C=O) groups is 1. The van der Waals surface area contributed by atoms with Crippen LogP contribution in [0.1, 0.15) is 20.8 Å². The number of nitrogens with zero attached hydrogens (tertiary/aromatic N) is 1. The lowest BCUT2D eigenvalue weighted by Gasteiger charge is -2.16. The lowest BCUT2D eigenvalue weighted by Crippen LogP contribution is -2.31. The third-order valence-electron chi connectivity index (χ3n) is 3.79. The van der Waals surface area contributed by atoms with E-state index in [0.29, 0.717) is 12.2 Å². The van der Waals surface area contributed by atoms with Gasteiger partial charge in [-0.1, -0.05) is 29.8 Å². The second-order valence-electron chi connectivity index (χ2n) is 5.72. The van der Waals surface area contributed by atoms with E-state index in [-0.39, 0.29) is 17.0 Å². The zero-order valence-electron chi connectivity index (χ0n) is 13.6. The van der Waals surface area contributed by atoms with Crippen LogP contribution in [0.2, 0.25) is 0 Å². The number of amides is 1. The fraction of sp³-hybridized carbons (Fsp3) is 0.158. The highest BCUT2D eigenvalue weighted by Crippen LogP contribution is 2.17. The monoisotopic (exact) mass is 338 g/mol. The van der Waals surface area contributed by atoms with Gasteiger partial charge in [0.15, 0.2) is 0 Å². The minimum absolute atomic E-state index is 0.158. The summed E-state index contributed by atoms with van der Waals surface area (Å²) in [6.45, 7) is 2.49. The van der Waals surface area contributed by atoms with Crippen molar-refractivity contribution in [3.63, 3.8) is 0 Å². The number of aromatic nitrogens is 1. The van der Waals surface area contributed by atoms with Crippen molar-refractivity contribution in [1.82, 2.24) is 9.88 Å². The number of rotatable bonds is 4. The molecule has 0 atom stereocenters. The maximum Gasteiger partial charge on any atom is 0.261 e. The summed E-state index contributed by atoms with van der Waals surface area (Å²) in [7, 11) is 1.70. The highest BCUT2D eigenvalue weighted by molar-refractivity contribution is 7.09. The van der Waals surface area contributed by atoms with Crippen LogP contribution in [0, 0.1) is 6.92 Å². The number of hydrogen-bond donors (Lipinski definition) is 1. The van der Waals surface area contributed by atoms with Gasteiger partial charge in [0.1, 0.15) is 5.56 Å². The Labute approximate surface area is 144 Å². The van der Waals surface area contributed by atoms with E-state index in [0.717, 1.165) is 16.0 Å². The summed E-state index contributed by atoms with van der Waals surface area (Å²) in [5.74, 6) is -0.277. The van der Waals surface area contributed by atoms with Gasteiger partial charge in [-0.2, -0.15) is 0 Å². The molecule has 2 aromatic heterocycles. The van der Waals surface area contributed by atoms with Gasteiger partial charge in [0, 0.05) is 17.6 Å². The van der Waals surface area contributed by atoms with Crippen LogP contribution in [0.4, 0.5) is 0 Å². The molecule has 0 fully saturated rings. The van der Waals surface area contributed by atoms with Gasteiger partial charge in [0.2, 0.25) is 0 Å². The van der Waals surface area contributed by atoms with Gasteiger partial charge in [-0.25, -0.2) is 0 Å². The molecule has 0 aliphatic rings. The lowest BCUT2D eigenvalue weighted by molar-refractivity contribution is 0.0784. The van der Waals surface area contributed by atoms with E-state index in [9.17, 15) is 9.59 Å². The number of carbonyl (C=O) groups excluding carboxylic acids is 1. The van der Waals surface area contributed by atoms with Crippen molar-refractivity contribution in [2.45, 2.75) is 13.5 Å². The van der Waals surface area contributed by atoms with Crippen LogP contribution in [-0.4, -0.2) is 22.8 Å². The van der Waals surface area contributed by atoms with Crippen molar-refractivity contribution in [1.29, 1.82) is 0 Å². The molecule has 24 heavy (non-hydrogen) atoms. The van der Waals surface area contributed by atoms with E-state index in [1.807, 2.05) is 48.7 Å². The first-order chi connectivity index (χ1) is 11.5. The molecule has 0 bridgehead atoms. The molecule has 3 rings (SSSR count). The van der Waals surface area contributed by atoms with Gasteiger partial charge >= 0.3 is 0 Å². The Bertz CT molecular complexity index is 913. The fourth-order valence-corrected chi connectivity index (χ4v) is 3.29. The fourth-order valence-electron chi connectivity index (χ4n) is 2.54. The van der Waals surface area contributed by atoms with Crippen LogP contribution in [0.15, 0.2) is 58.7 Å². The topological polar surface area (TPSA) is 53.2 Å². The van der Waals surface area contributed by atoms with Crippen molar-refractivity contribution >= 4 is 17.2 Å². The molecule has 5 heteroatoms. The third-order valence-corrected chi connectivity index (χ3v) is 4.65. The predicted octanol–water partition coefficient (Wildman–Crippen LogP) is 3.68. The molecular formula is C19H18N2O2S. The van der Waals surface area contributed by atoms with Crippen LogP contribution in [0.25, 0.3) is 11.3 Å². The zero-order chi connectivity index (χ0) is 17.1. The molecule has 0 saturated carbocycles. The Morgan fingerprint density at radius 2 is 2.00 bits per heavy atom. The van der Waals surface area contributed by atoms with Crippen LogP contribution in [0.3, 0.4) is 0 Å². The van der Waals surface area contributed by atoms with E-state index in [1.54, 1.807) is 35.4 Å². The predicted molar refractivity (Wildman–Crippen MR) is 97.4 cm³/mol. The molecule has 0 radical (unpaired) electrons. The van der Waals surface area contributed by atoms with E-state index < -0.39 is 0 Å². The molecule has 1 amide bonds. The van der Waals surface area contributed by atoms with Crippen LogP contribution >= 0.6 is 11.3 Å². The molecule has 0 spiro atoms. The van der Waals surface area contributed by atoms with Gasteiger partial charge in [-0.3, -0.25) is 9.59 Å². The average Bonchev–Trinajstić information content (AvgIpc) is 3.07. The van der Waals surface area contributed by atoms with Crippen LogP contribution in [-0.2, 0) is 6.54 Å². The molecule has 1 aromatic carbocycles. The van der Waals surface area contributed by atoms with E-state index >= 15 is 0 Å². The molecule has 0 aliphatic carbocycles. The smallest absolute Gasteiger partial charge is 0.261 e. The standard InChI is InChI=1S/C19H18N2O2S/c1-13-5-3-6-14(11-13)17-9-8-16(18(22)20-17)19(23)21(2)12-15-7-4-10-24-15/h3-11H,12H2,1-2H3,(H,20,22). The van der Waals surface area contributed by atoms with E-state index in [4.69, 9.17) is 0 Å². The third kappa shape index (κ3) is 3.46. The number of aryl methyl sites for hydroxylation is 1. The maximum absolute atomic E-state index is 12.5. The highest BCUT2D eigenvalue weighted by Gasteiger charge is 2.16. The summed E-state index contributed by atoms with van der Waals surface area (Å²) < 4.78 is 0. The Morgan fingerprint density at radius 3 is 2.67 bits per heavy atom. The largest absolute Gasteiger partial charge is 0.336 e. The van der Waals surface area contributed by atoms with E-state index in [2.05, 4.69) is 4.98 Å². The minimum Gasteiger partial charge on any atom is -0.336 e. The molecule has 3 aromatic rings. The zero-order valence-corrected chi connectivity index (χ0v) is 14.4. The molecule has 0 saturated heterocycles. The molecule has 122 valence electrons. The quantitative estimate of drug-likeness (QED) is 0.789. The van der Waals surface area contributed by atoms with Crippen LogP contribution in [0.5, 0.6) is 0 Å². The summed E-state index contributed by atoms with van der Waals surface area (Å²) in [5, 5.41) is 1.97. The van der Waals surface area contributed by atoms with Crippen molar-refractivity contribution in [2.75, 3.05) is 7.05 Å². The maximum atomic E-state index is 12.5. The number of pyridine rings is 1. The van der Waals surface area contributed by atoms with Crippen molar-refractivity contribution in [3.8, 4) is 11.3 Å². The van der Waals surface area contributed by atoms with Gasteiger partial charge in [0.25, 0.3) is 11.5 Å². The number of nitrogens with one attached hydrogen (secondary N) is 1. The number of hydrogen-bond acceptors (Lipinski definition) is 3.